The molecule has 4 heteroatoms. The van der Waals surface area contributed by atoms with Crippen molar-refractivity contribution in [1.29, 1.82) is 0 Å². The molecule has 0 aromatic heterocycles. The molecule has 0 radical (unpaired) electrons. The summed E-state index contributed by atoms with van der Waals surface area (Å²) >= 11 is 0. The van der Waals surface area contributed by atoms with E-state index in [1.165, 1.54) is 0 Å². The molecule has 0 saturated carbocycles. The lowest BCUT2D eigenvalue weighted by Gasteiger charge is -2.40. The van der Waals surface area contributed by atoms with Gasteiger partial charge in [-0.25, -0.2) is 0 Å². The van der Waals surface area contributed by atoms with Crippen molar-refractivity contribution >= 4 is 5.97 Å². The molecule has 4 nitrogen and oxygen atoms in total. The van der Waals surface area contributed by atoms with E-state index in [0.29, 0.717) is 6.42 Å². The number of piperidine rings is 1. The second-order valence-corrected chi connectivity index (χ2v) is 6.69. The van der Waals surface area contributed by atoms with Crippen LogP contribution in [0.1, 0.15) is 53.4 Å². The van der Waals surface area contributed by atoms with E-state index in [1.54, 1.807) is 0 Å². The number of carbonyl (C=O) groups excluding carboxylic acids is 1. The van der Waals surface area contributed by atoms with E-state index in [9.17, 15) is 9.90 Å². The van der Waals surface area contributed by atoms with Crippen molar-refractivity contribution in [2.45, 2.75) is 59.0 Å². The van der Waals surface area contributed by atoms with E-state index in [2.05, 4.69) is 11.8 Å². The molecule has 0 aromatic carbocycles. The average Bonchev–Trinajstić information content (AvgIpc) is 2.35. The molecule has 1 aliphatic heterocycles. The summed E-state index contributed by atoms with van der Waals surface area (Å²) in [6, 6.07) is 0. The molecule has 0 amide bonds. The minimum atomic E-state index is -0.396. The average molecular weight is 271 g/mol. The van der Waals surface area contributed by atoms with Crippen molar-refractivity contribution < 1.29 is 14.6 Å². The van der Waals surface area contributed by atoms with Gasteiger partial charge < -0.3 is 14.7 Å². The number of hydrogen-bond acceptors (Lipinski definition) is 4. The summed E-state index contributed by atoms with van der Waals surface area (Å²) in [4.78, 5) is 14.0. The van der Waals surface area contributed by atoms with Gasteiger partial charge in [0.1, 0.15) is 5.60 Å². The number of esters is 1. The van der Waals surface area contributed by atoms with Gasteiger partial charge >= 0.3 is 5.97 Å². The lowest BCUT2D eigenvalue weighted by molar-refractivity contribution is -0.155. The Bertz CT molecular complexity index is 282. The molecule has 112 valence electrons. The maximum Gasteiger partial charge on any atom is 0.307 e. The van der Waals surface area contributed by atoms with Crippen molar-refractivity contribution in [3.63, 3.8) is 0 Å². The van der Waals surface area contributed by atoms with E-state index in [4.69, 9.17) is 4.74 Å². The zero-order chi connectivity index (χ0) is 14.5. The van der Waals surface area contributed by atoms with Crippen LogP contribution in [-0.4, -0.2) is 47.8 Å². The summed E-state index contributed by atoms with van der Waals surface area (Å²) in [6.07, 6.45) is 3.53. The molecule has 0 bridgehead atoms. The molecule has 1 saturated heterocycles. The Morgan fingerprint density at radius 1 is 1.32 bits per heavy atom. The van der Waals surface area contributed by atoms with Gasteiger partial charge in [-0.15, -0.1) is 0 Å². The highest BCUT2D eigenvalue weighted by molar-refractivity contribution is 5.70. The maximum absolute atomic E-state index is 11.7. The topological polar surface area (TPSA) is 49.8 Å². The zero-order valence-corrected chi connectivity index (χ0v) is 12.9. The van der Waals surface area contributed by atoms with Crippen molar-refractivity contribution in [3.05, 3.63) is 0 Å². The number of rotatable bonds is 5. The minimum absolute atomic E-state index is 0.114. The molecule has 0 aromatic rings. The lowest BCUT2D eigenvalue weighted by Crippen LogP contribution is -2.42. The van der Waals surface area contributed by atoms with Gasteiger partial charge in [0, 0.05) is 13.2 Å². The second-order valence-electron chi connectivity index (χ2n) is 6.69. The highest BCUT2D eigenvalue weighted by atomic mass is 16.6. The van der Waals surface area contributed by atoms with Crippen molar-refractivity contribution in [3.8, 4) is 0 Å². The molecule has 0 atom stereocenters. The van der Waals surface area contributed by atoms with Gasteiger partial charge in [-0.1, -0.05) is 6.92 Å². The summed E-state index contributed by atoms with van der Waals surface area (Å²) in [5, 5.41) is 9.48. The summed E-state index contributed by atoms with van der Waals surface area (Å²) in [5.41, 5.74) is -0.282. The van der Waals surface area contributed by atoms with Crippen LogP contribution in [0.2, 0.25) is 0 Å². The first kappa shape index (κ1) is 16.4. The number of likely N-dealkylation sites (tertiary alicyclic amines) is 1. The van der Waals surface area contributed by atoms with Crippen molar-refractivity contribution in [2.24, 2.45) is 5.41 Å². The number of carbonyl (C=O) groups is 1. The van der Waals surface area contributed by atoms with E-state index >= 15 is 0 Å². The third-order valence-corrected chi connectivity index (χ3v) is 4.05. The third-order valence-electron chi connectivity index (χ3n) is 4.05. The molecular formula is C15H29NO3. The zero-order valence-electron chi connectivity index (χ0n) is 12.9. The summed E-state index contributed by atoms with van der Waals surface area (Å²) in [6.45, 7) is 10.8. The van der Waals surface area contributed by atoms with Crippen LogP contribution in [0.3, 0.4) is 0 Å². The molecule has 1 aliphatic rings. The first-order valence-corrected chi connectivity index (χ1v) is 7.35. The monoisotopic (exact) mass is 271 g/mol. The lowest BCUT2D eigenvalue weighted by atomic mass is 9.77. The van der Waals surface area contributed by atoms with Crippen LogP contribution in [0.4, 0.5) is 0 Å². The molecule has 0 unspecified atom stereocenters. The normalized spacial score (nSPS) is 20.3. The molecule has 1 heterocycles. The van der Waals surface area contributed by atoms with Crippen molar-refractivity contribution in [2.75, 3.05) is 26.2 Å². The standard InChI is InChI=1S/C15H29NO3/c1-5-15(12-17)7-10-16(11-8-15)9-6-13(18)19-14(2,3)4/h17H,5-12H2,1-4H3. The Morgan fingerprint density at radius 2 is 1.89 bits per heavy atom. The Kier molecular flexibility index (Phi) is 5.81. The number of aliphatic hydroxyl groups is 1. The van der Waals surface area contributed by atoms with Crippen LogP contribution < -0.4 is 0 Å². The van der Waals surface area contributed by atoms with E-state index in [-0.39, 0.29) is 18.0 Å². The fourth-order valence-electron chi connectivity index (χ4n) is 2.52. The molecule has 1 fully saturated rings. The maximum atomic E-state index is 11.7. The predicted molar refractivity (Wildman–Crippen MR) is 75.9 cm³/mol. The van der Waals surface area contributed by atoms with Gasteiger partial charge in [0.2, 0.25) is 0 Å². The number of nitrogens with zero attached hydrogens (tertiary/aromatic N) is 1. The highest BCUT2D eigenvalue weighted by Crippen LogP contribution is 2.34. The van der Waals surface area contributed by atoms with Crippen LogP contribution in [0, 0.1) is 5.41 Å². The molecule has 1 N–H and O–H groups in total. The van der Waals surface area contributed by atoms with Crippen LogP contribution in [0.25, 0.3) is 0 Å². The Morgan fingerprint density at radius 3 is 2.32 bits per heavy atom. The Labute approximate surface area is 117 Å². The fourth-order valence-corrected chi connectivity index (χ4v) is 2.52. The second kappa shape index (κ2) is 6.71. The summed E-state index contributed by atoms with van der Waals surface area (Å²) in [5.74, 6) is -0.123. The van der Waals surface area contributed by atoms with Gasteiger partial charge in [0.05, 0.1) is 6.42 Å². The molecule has 0 spiro atoms. The van der Waals surface area contributed by atoms with Gasteiger partial charge in [0.25, 0.3) is 0 Å². The van der Waals surface area contributed by atoms with Crippen LogP contribution in [-0.2, 0) is 9.53 Å². The minimum Gasteiger partial charge on any atom is -0.460 e. The first-order chi connectivity index (χ1) is 8.80. The van der Waals surface area contributed by atoms with Crippen molar-refractivity contribution in [1.82, 2.24) is 4.90 Å². The van der Waals surface area contributed by atoms with Gasteiger partial charge in [-0.05, 0) is 58.5 Å². The van der Waals surface area contributed by atoms with E-state index < -0.39 is 5.60 Å². The molecule has 19 heavy (non-hydrogen) atoms. The summed E-state index contributed by atoms with van der Waals surface area (Å²) in [7, 11) is 0. The van der Waals surface area contributed by atoms with Gasteiger partial charge in [-0.3, -0.25) is 4.79 Å². The summed E-state index contributed by atoms with van der Waals surface area (Å²) < 4.78 is 5.31. The Hall–Kier alpha value is -0.610. The van der Waals surface area contributed by atoms with Crippen LogP contribution >= 0.6 is 0 Å². The quantitative estimate of drug-likeness (QED) is 0.779. The molecular weight excluding hydrogens is 242 g/mol. The molecule has 0 aliphatic carbocycles. The smallest absolute Gasteiger partial charge is 0.307 e. The fraction of sp³-hybridized carbons (Fsp3) is 0.933. The number of hydrogen-bond donors (Lipinski definition) is 1. The third kappa shape index (κ3) is 5.49. The van der Waals surface area contributed by atoms with E-state index in [1.807, 2.05) is 20.8 Å². The highest BCUT2D eigenvalue weighted by Gasteiger charge is 2.32. The van der Waals surface area contributed by atoms with Gasteiger partial charge in [0.15, 0.2) is 0 Å². The van der Waals surface area contributed by atoms with Crippen LogP contribution in [0.15, 0.2) is 0 Å². The first-order valence-electron chi connectivity index (χ1n) is 7.35. The Balaban J connectivity index is 2.28. The van der Waals surface area contributed by atoms with E-state index in [0.717, 1.165) is 38.9 Å². The SMILES string of the molecule is CCC1(CO)CCN(CCC(=O)OC(C)(C)C)CC1. The predicted octanol–water partition coefficient (Wildman–Crippen LogP) is 2.20. The number of ether oxygens (including phenoxy) is 1. The largest absolute Gasteiger partial charge is 0.460 e. The molecule has 1 rings (SSSR count). The van der Waals surface area contributed by atoms with Crippen LogP contribution in [0.5, 0.6) is 0 Å². The van der Waals surface area contributed by atoms with Gasteiger partial charge in [-0.2, -0.15) is 0 Å². The number of aliphatic hydroxyl groups excluding tert-OH is 1.